The first kappa shape index (κ1) is 18.2. The number of halogens is 2. The van der Waals surface area contributed by atoms with E-state index in [9.17, 15) is 4.79 Å². The third-order valence-electron chi connectivity index (χ3n) is 3.59. The Morgan fingerprint density at radius 2 is 2.14 bits per heavy atom. The molecule has 0 spiro atoms. The summed E-state index contributed by atoms with van der Waals surface area (Å²) in [6, 6.07) is 7.97. The second-order valence-corrected chi connectivity index (χ2v) is 5.40. The lowest BCUT2D eigenvalue weighted by atomic mass is 10.0. The first-order valence-electron chi connectivity index (χ1n) is 6.97. The molecule has 1 fully saturated rings. The van der Waals surface area contributed by atoms with Gasteiger partial charge < -0.3 is 15.0 Å². The van der Waals surface area contributed by atoms with Crippen LogP contribution in [-0.4, -0.2) is 44.2 Å². The summed E-state index contributed by atoms with van der Waals surface area (Å²) in [4.78, 5) is 14.2. The SMILES string of the molecule is COCCNCC(=O)N1CCCC1c1ccc(Cl)cc1.Cl. The molecule has 2 rings (SSSR count). The van der Waals surface area contributed by atoms with Crippen molar-refractivity contribution in [3.05, 3.63) is 34.9 Å². The van der Waals surface area contributed by atoms with Gasteiger partial charge in [-0.3, -0.25) is 4.79 Å². The summed E-state index contributed by atoms with van der Waals surface area (Å²) in [5.74, 6) is 0.151. The van der Waals surface area contributed by atoms with Gasteiger partial charge in [0.2, 0.25) is 5.91 Å². The highest BCUT2D eigenvalue weighted by Crippen LogP contribution is 2.32. The molecule has 118 valence electrons. The van der Waals surface area contributed by atoms with Gasteiger partial charge in [0.15, 0.2) is 0 Å². The molecule has 1 aliphatic rings. The summed E-state index contributed by atoms with van der Waals surface area (Å²) in [5, 5.41) is 3.83. The summed E-state index contributed by atoms with van der Waals surface area (Å²) in [7, 11) is 1.65. The number of nitrogens with zero attached hydrogens (tertiary/aromatic N) is 1. The van der Waals surface area contributed by atoms with Gasteiger partial charge in [0.05, 0.1) is 19.2 Å². The van der Waals surface area contributed by atoms with E-state index in [4.69, 9.17) is 16.3 Å². The maximum atomic E-state index is 12.3. The van der Waals surface area contributed by atoms with E-state index in [1.54, 1.807) is 7.11 Å². The maximum Gasteiger partial charge on any atom is 0.237 e. The number of ether oxygens (including phenoxy) is 1. The average Bonchev–Trinajstić information content (AvgIpc) is 2.93. The summed E-state index contributed by atoms with van der Waals surface area (Å²) in [6.45, 7) is 2.51. The minimum absolute atomic E-state index is 0. The van der Waals surface area contributed by atoms with Crippen LogP contribution < -0.4 is 5.32 Å². The Labute approximate surface area is 137 Å². The zero-order chi connectivity index (χ0) is 14.4. The molecule has 0 aliphatic carbocycles. The monoisotopic (exact) mass is 332 g/mol. The first-order valence-corrected chi connectivity index (χ1v) is 7.34. The van der Waals surface area contributed by atoms with Gasteiger partial charge in [-0.05, 0) is 30.5 Å². The van der Waals surface area contributed by atoms with Gasteiger partial charge in [-0.25, -0.2) is 0 Å². The molecule has 21 heavy (non-hydrogen) atoms. The highest BCUT2D eigenvalue weighted by molar-refractivity contribution is 6.30. The number of rotatable bonds is 6. The van der Waals surface area contributed by atoms with Crippen LogP contribution in [0.4, 0.5) is 0 Å². The summed E-state index contributed by atoms with van der Waals surface area (Å²) in [6.07, 6.45) is 2.07. The lowest BCUT2D eigenvalue weighted by Gasteiger charge is -2.25. The van der Waals surface area contributed by atoms with Crippen molar-refractivity contribution in [3.8, 4) is 0 Å². The number of nitrogens with one attached hydrogen (secondary N) is 1. The van der Waals surface area contributed by atoms with Crippen molar-refractivity contribution < 1.29 is 9.53 Å². The molecule has 1 N–H and O–H groups in total. The fourth-order valence-electron chi connectivity index (χ4n) is 2.57. The quantitative estimate of drug-likeness (QED) is 0.814. The highest BCUT2D eigenvalue weighted by atomic mass is 35.5. The van der Waals surface area contributed by atoms with E-state index in [-0.39, 0.29) is 24.4 Å². The third-order valence-corrected chi connectivity index (χ3v) is 3.84. The summed E-state index contributed by atoms with van der Waals surface area (Å²) >= 11 is 5.91. The topological polar surface area (TPSA) is 41.6 Å². The van der Waals surface area contributed by atoms with Crippen LogP contribution in [0.15, 0.2) is 24.3 Å². The van der Waals surface area contributed by atoms with Crippen LogP contribution in [0.1, 0.15) is 24.4 Å². The minimum atomic E-state index is 0. The second-order valence-electron chi connectivity index (χ2n) is 4.97. The largest absolute Gasteiger partial charge is 0.383 e. The van der Waals surface area contributed by atoms with Gasteiger partial charge >= 0.3 is 0 Å². The van der Waals surface area contributed by atoms with E-state index in [0.717, 1.165) is 30.0 Å². The van der Waals surface area contributed by atoms with Gasteiger partial charge in [-0.2, -0.15) is 0 Å². The number of hydrogen-bond donors (Lipinski definition) is 1. The Bertz CT molecular complexity index is 440. The summed E-state index contributed by atoms with van der Waals surface area (Å²) < 4.78 is 4.95. The molecule has 1 saturated heterocycles. The number of hydrogen-bond acceptors (Lipinski definition) is 3. The van der Waals surface area contributed by atoms with Crippen molar-refractivity contribution in [2.24, 2.45) is 0 Å². The predicted octanol–water partition coefficient (Wildman–Crippen LogP) is 2.66. The van der Waals surface area contributed by atoms with Gasteiger partial charge in [-0.1, -0.05) is 23.7 Å². The van der Waals surface area contributed by atoms with Crippen LogP contribution in [0, 0.1) is 0 Å². The van der Waals surface area contributed by atoms with E-state index in [0.29, 0.717) is 19.7 Å². The number of carbonyl (C=O) groups is 1. The molecule has 1 amide bonds. The lowest BCUT2D eigenvalue weighted by molar-refractivity contribution is -0.131. The van der Waals surface area contributed by atoms with Gasteiger partial charge in [0, 0.05) is 25.2 Å². The number of amides is 1. The van der Waals surface area contributed by atoms with E-state index in [1.807, 2.05) is 29.2 Å². The molecular weight excluding hydrogens is 311 g/mol. The molecule has 1 unspecified atom stereocenters. The van der Waals surface area contributed by atoms with Crippen molar-refractivity contribution in [1.29, 1.82) is 0 Å². The first-order chi connectivity index (χ1) is 9.72. The van der Waals surface area contributed by atoms with Crippen molar-refractivity contribution >= 4 is 29.9 Å². The molecule has 4 nitrogen and oxygen atoms in total. The predicted molar refractivity (Wildman–Crippen MR) is 87.1 cm³/mol. The van der Waals surface area contributed by atoms with Crippen LogP contribution in [0.2, 0.25) is 5.02 Å². The number of benzene rings is 1. The number of methoxy groups -OCH3 is 1. The van der Waals surface area contributed by atoms with Crippen molar-refractivity contribution in [3.63, 3.8) is 0 Å². The molecule has 1 aromatic rings. The molecule has 1 aromatic carbocycles. The minimum Gasteiger partial charge on any atom is -0.383 e. The fourth-order valence-corrected chi connectivity index (χ4v) is 2.69. The van der Waals surface area contributed by atoms with Gasteiger partial charge in [0.1, 0.15) is 0 Å². The van der Waals surface area contributed by atoms with Crippen molar-refractivity contribution in [1.82, 2.24) is 10.2 Å². The zero-order valence-corrected chi connectivity index (χ0v) is 13.8. The molecule has 0 bridgehead atoms. The Morgan fingerprint density at radius 3 is 2.81 bits per heavy atom. The molecule has 6 heteroatoms. The second kappa shape index (κ2) is 9.26. The Balaban J connectivity index is 0.00000220. The van der Waals surface area contributed by atoms with Crippen LogP contribution in [-0.2, 0) is 9.53 Å². The van der Waals surface area contributed by atoms with Gasteiger partial charge in [-0.15, -0.1) is 12.4 Å². The van der Waals surface area contributed by atoms with Crippen LogP contribution in [0.5, 0.6) is 0 Å². The van der Waals surface area contributed by atoms with E-state index >= 15 is 0 Å². The Hall–Kier alpha value is -0.810. The molecule has 1 atom stereocenters. The van der Waals surface area contributed by atoms with Crippen LogP contribution in [0.3, 0.4) is 0 Å². The normalized spacial score (nSPS) is 17.6. The number of likely N-dealkylation sites (tertiary alicyclic amines) is 1. The average molecular weight is 333 g/mol. The molecule has 0 saturated carbocycles. The zero-order valence-electron chi connectivity index (χ0n) is 12.2. The fraction of sp³-hybridized carbons (Fsp3) is 0.533. The van der Waals surface area contributed by atoms with Crippen LogP contribution >= 0.6 is 24.0 Å². The highest BCUT2D eigenvalue weighted by Gasteiger charge is 2.29. The Morgan fingerprint density at radius 1 is 1.43 bits per heavy atom. The van der Waals surface area contributed by atoms with Gasteiger partial charge in [0.25, 0.3) is 0 Å². The van der Waals surface area contributed by atoms with E-state index in [1.165, 1.54) is 0 Å². The number of carbonyl (C=O) groups excluding carboxylic acids is 1. The van der Waals surface area contributed by atoms with Crippen molar-refractivity contribution in [2.75, 3.05) is 33.4 Å². The summed E-state index contributed by atoms with van der Waals surface area (Å²) in [5.41, 5.74) is 1.16. The maximum absolute atomic E-state index is 12.3. The lowest BCUT2D eigenvalue weighted by Crippen LogP contribution is -2.38. The molecule has 1 aliphatic heterocycles. The molecule has 0 radical (unpaired) electrons. The van der Waals surface area contributed by atoms with Crippen LogP contribution in [0.25, 0.3) is 0 Å². The molecular formula is C15H22Cl2N2O2. The third kappa shape index (κ3) is 5.15. The van der Waals surface area contributed by atoms with E-state index < -0.39 is 0 Å². The standard InChI is InChI=1S/C15H21ClN2O2.ClH/c1-20-10-8-17-11-15(19)18-9-2-3-14(18)12-4-6-13(16)7-5-12;/h4-7,14,17H,2-3,8-11H2,1H3;1H. The van der Waals surface area contributed by atoms with Crippen molar-refractivity contribution in [2.45, 2.75) is 18.9 Å². The Kier molecular flexibility index (Phi) is 8.04. The molecule has 0 aromatic heterocycles. The molecule has 1 heterocycles. The smallest absolute Gasteiger partial charge is 0.237 e. The van der Waals surface area contributed by atoms with E-state index in [2.05, 4.69) is 5.32 Å².